The van der Waals surface area contributed by atoms with Crippen molar-refractivity contribution in [3.05, 3.63) is 58.5 Å². The third-order valence-electron chi connectivity index (χ3n) is 4.98. The summed E-state index contributed by atoms with van der Waals surface area (Å²) < 4.78 is 52.3. The van der Waals surface area contributed by atoms with E-state index in [2.05, 4.69) is 25.8 Å². The highest BCUT2D eigenvalue weighted by Crippen LogP contribution is 2.25. The molecule has 1 aromatic carbocycles. The topological polar surface area (TPSA) is 91.4 Å². The molecule has 3 rings (SSSR count). The second kappa shape index (κ2) is 10.4. The van der Waals surface area contributed by atoms with E-state index in [4.69, 9.17) is 6.42 Å². The summed E-state index contributed by atoms with van der Waals surface area (Å²) in [7, 11) is -3.71. The van der Waals surface area contributed by atoms with Crippen LogP contribution in [0.2, 0.25) is 0 Å². The molecule has 0 atom stereocenters. The molecule has 2 heterocycles. The minimum Gasteiger partial charge on any atom is -0.356 e. The summed E-state index contributed by atoms with van der Waals surface area (Å²) in [6.07, 6.45) is 11.3. The Morgan fingerprint density at radius 2 is 2.03 bits per heavy atom. The van der Waals surface area contributed by atoms with Crippen LogP contribution >= 0.6 is 0 Å². The molecule has 1 aliphatic rings. The lowest BCUT2D eigenvalue weighted by Gasteiger charge is -2.19. The maximum Gasteiger partial charge on any atom is 0.244 e. The maximum atomic E-state index is 14.4. The van der Waals surface area contributed by atoms with Gasteiger partial charge in [-0.3, -0.25) is 9.52 Å². The van der Waals surface area contributed by atoms with Crippen LogP contribution < -0.4 is 14.9 Å². The van der Waals surface area contributed by atoms with Crippen LogP contribution in [0.4, 0.5) is 20.3 Å². The quantitative estimate of drug-likeness (QED) is 0.454. The predicted molar refractivity (Wildman–Crippen MR) is 124 cm³/mol. The zero-order valence-corrected chi connectivity index (χ0v) is 18.9. The van der Waals surface area contributed by atoms with E-state index < -0.39 is 28.4 Å². The molecule has 0 radical (unpaired) electrons. The molecule has 1 aliphatic heterocycles. The van der Waals surface area contributed by atoms with Gasteiger partial charge in [-0.1, -0.05) is 5.92 Å². The number of halogens is 2. The Morgan fingerprint density at radius 3 is 2.67 bits per heavy atom. The Balaban J connectivity index is 1.71. The minimum atomic E-state index is -3.71. The van der Waals surface area contributed by atoms with Crippen LogP contribution in [-0.4, -0.2) is 38.7 Å². The third-order valence-corrected chi connectivity index (χ3v) is 5.55. The van der Waals surface area contributed by atoms with Gasteiger partial charge in [0, 0.05) is 31.3 Å². The van der Waals surface area contributed by atoms with Crippen molar-refractivity contribution >= 4 is 33.5 Å². The van der Waals surface area contributed by atoms with Gasteiger partial charge in [0.05, 0.1) is 23.2 Å². The lowest BCUT2D eigenvalue weighted by molar-refractivity contribution is -0.116. The summed E-state index contributed by atoms with van der Waals surface area (Å²) in [5.41, 5.74) is 1.11. The van der Waals surface area contributed by atoms with Crippen molar-refractivity contribution < 1.29 is 22.0 Å². The summed E-state index contributed by atoms with van der Waals surface area (Å²) in [5.74, 6) is 1.61. The van der Waals surface area contributed by atoms with Gasteiger partial charge in [0.1, 0.15) is 18.3 Å². The first-order valence-corrected chi connectivity index (χ1v) is 12.1. The fourth-order valence-electron chi connectivity index (χ4n) is 3.47. The SMILES string of the molecule is C#Cc1cc(CNC(=O)/C=C/c2ccc(CF)nc2N2CCCC2)cc(F)c1NS(C)(=O)=O. The average molecular weight is 475 g/mol. The number of pyridine rings is 1. The van der Waals surface area contributed by atoms with Gasteiger partial charge in [-0.05, 0) is 48.7 Å². The summed E-state index contributed by atoms with van der Waals surface area (Å²) in [5, 5.41) is 2.63. The minimum absolute atomic E-state index is 0.0219. The summed E-state index contributed by atoms with van der Waals surface area (Å²) >= 11 is 0. The van der Waals surface area contributed by atoms with Gasteiger partial charge in [-0.15, -0.1) is 6.42 Å². The number of alkyl halides is 1. The van der Waals surface area contributed by atoms with E-state index in [1.807, 2.05) is 0 Å². The molecule has 1 saturated heterocycles. The van der Waals surface area contributed by atoms with Crippen LogP contribution in [0.15, 0.2) is 30.3 Å². The first-order valence-electron chi connectivity index (χ1n) is 10.2. The lowest BCUT2D eigenvalue weighted by Crippen LogP contribution is -2.22. The van der Waals surface area contributed by atoms with Crippen molar-refractivity contribution in [3.63, 3.8) is 0 Å². The normalized spacial score (nSPS) is 13.8. The van der Waals surface area contributed by atoms with Gasteiger partial charge in [0.15, 0.2) is 0 Å². The molecule has 33 heavy (non-hydrogen) atoms. The van der Waals surface area contributed by atoms with E-state index in [1.54, 1.807) is 18.2 Å². The molecule has 0 saturated carbocycles. The van der Waals surface area contributed by atoms with Crippen molar-refractivity contribution in [2.75, 3.05) is 29.0 Å². The van der Waals surface area contributed by atoms with E-state index in [-0.39, 0.29) is 17.8 Å². The highest BCUT2D eigenvalue weighted by atomic mass is 32.2. The van der Waals surface area contributed by atoms with Crippen molar-refractivity contribution in [3.8, 4) is 12.3 Å². The summed E-state index contributed by atoms with van der Waals surface area (Å²) in [4.78, 5) is 18.7. The second-order valence-corrected chi connectivity index (χ2v) is 9.36. The van der Waals surface area contributed by atoms with Gasteiger partial charge in [0.2, 0.25) is 15.9 Å². The predicted octanol–water partition coefficient (Wildman–Crippen LogP) is 2.97. The maximum absolute atomic E-state index is 14.4. The molecule has 0 unspecified atom stereocenters. The Kier molecular flexibility index (Phi) is 7.66. The van der Waals surface area contributed by atoms with E-state index in [0.717, 1.165) is 38.3 Å². The molecule has 10 heteroatoms. The molecular weight excluding hydrogens is 450 g/mol. The first-order chi connectivity index (χ1) is 15.7. The molecular formula is C23H24F2N4O3S. The molecule has 1 amide bonds. The molecule has 7 nitrogen and oxygen atoms in total. The highest BCUT2D eigenvalue weighted by molar-refractivity contribution is 7.92. The monoisotopic (exact) mass is 474 g/mol. The van der Waals surface area contributed by atoms with Gasteiger partial charge in [-0.2, -0.15) is 0 Å². The van der Waals surface area contributed by atoms with Crippen molar-refractivity contribution in [2.24, 2.45) is 0 Å². The number of carbonyl (C=O) groups excluding carboxylic acids is 1. The molecule has 174 valence electrons. The molecule has 2 aromatic rings. The fraction of sp³-hybridized carbons (Fsp3) is 0.304. The number of nitrogens with zero attached hydrogens (tertiary/aromatic N) is 2. The number of amides is 1. The van der Waals surface area contributed by atoms with Crippen LogP contribution in [0.1, 0.15) is 35.2 Å². The number of hydrogen-bond donors (Lipinski definition) is 2. The number of rotatable bonds is 8. The van der Waals surface area contributed by atoms with E-state index in [1.165, 1.54) is 12.1 Å². The van der Waals surface area contributed by atoms with Crippen LogP contribution in [0.3, 0.4) is 0 Å². The smallest absolute Gasteiger partial charge is 0.244 e. The molecule has 2 N–H and O–H groups in total. The van der Waals surface area contributed by atoms with Gasteiger partial charge < -0.3 is 10.2 Å². The lowest BCUT2D eigenvalue weighted by atomic mass is 10.1. The Labute approximate surface area is 192 Å². The molecule has 1 fully saturated rings. The van der Waals surface area contributed by atoms with Gasteiger partial charge in [0.25, 0.3) is 0 Å². The Bertz CT molecular complexity index is 1220. The molecule has 0 bridgehead atoms. The largest absolute Gasteiger partial charge is 0.356 e. The van der Waals surface area contributed by atoms with Crippen LogP contribution in [0, 0.1) is 18.2 Å². The van der Waals surface area contributed by atoms with Crippen LogP contribution in [-0.2, 0) is 28.0 Å². The molecule has 0 spiro atoms. The van der Waals surface area contributed by atoms with Crippen molar-refractivity contribution in [1.29, 1.82) is 0 Å². The van der Waals surface area contributed by atoms with Crippen molar-refractivity contribution in [2.45, 2.75) is 26.1 Å². The second-order valence-electron chi connectivity index (χ2n) is 7.61. The molecule has 1 aromatic heterocycles. The summed E-state index contributed by atoms with van der Waals surface area (Å²) in [6.45, 7) is 0.956. The van der Waals surface area contributed by atoms with E-state index in [0.29, 0.717) is 22.6 Å². The number of aromatic nitrogens is 1. The number of hydrogen-bond acceptors (Lipinski definition) is 5. The number of carbonyl (C=O) groups is 1. The van der Waals surface area contributed by atoms with Gasteiger partial charge >= 0.3 is 0 Å². The van der Waals surface area contributed by atoms with Gasteiger partial charge in [-0.25, -0.2) is 22.2 Å². The standard InChI is InChI=1S/C23H24F2N4O3S/c1-3-17-12-16(13-20(25)22(17)28-33(2,31)32)15-26-21(30)9-7-18-6-8-19(14-24)27-23(18)29-10-4-5-11-29/h1,6-9,12-13,28H,4-5,10-11,14-15H2,2H3,(H,26,30)/b9-7+. The van der Waals surface area contributed by atoms with Crippen molar-refractivity contribution in [1.82, 2.24) is 10.3 Å². The zero-order chi connectivity index (χ0) is 24.0. The van der Waals surface area contributed by atoms with E-state index in [9.17, 15) is 22.0 Å². The zero-order valence-electron chi connectivity index (χ0n) is 18.1. The Morgan fingerprint density at radius 1 is 1.30 bits per heavy atom. The number of anilines is 2. The number of benzene rings is 1. The summed E-state index contributed by atoms with van der Waals surface area (Å²) in [6, 6.07) is 5.82. The molecule has 0 aliphatic carbocycles. The van der Waals surface area contributed by atoms with E-state index >= 15 is 0 Å². The number of nitrogens with one attached hydrogen (secondary N) is 2. The fourth-order valence-corrected chi connectivity index (χ4v) is 4.04. The van der Waals surface area contributed by atoms with Crippen LogP contribution in [0.5, 0.6) is 0 Å². The first kappa shape index (κ1) is 24.2. The number of terminal acetylenes is 1. The third kappa shape index (κ3) is 6.52. The Hall–Kier alpha value is -3.45. The average Bonchev–Trinajstić information content (AvgIpc) is 3.31. The number of sulfonamides is 1. The van der Waals surface area contributed by atoms with Crippen LogP contribution in [0.25, 0.3) is 6.08 Å². The highest BCUT2D eigenvalue weighted by Gasteiger charge is 2.17.